The Kier molecular flexibility index (Phi) is 10.0. The normalized spacial score (nSPS) is 25.8. The minimum absolute atomic E-state index is 0.00717. The molecule has 1 heterocycles. The number of hydrogen-bond acceptors (Lipinski definition) is 4. The fourth-order valence-corrected chi connectivity index (χ4v) is 7.28. The maximum atomic E-state index is 14.0. The molecule has 4 unspecified atom stereocenters. The first kappa shape index (κ1) is 29.2. The van der Waals surface area contributed by atoms with Crippen LogP contribution in [0.3, 0.4) is 0 Å². The van der Waals surface area contributed by atoms with Crippen LogP contribution in [-0.4, -0.2) is 34.4 Å². The molecule has 5 rings (SSSR count). The van der Waals surface area contributed by atoms with E-state index in [2.05, 4.69) is 5.32 Å². The van der Waals surface area contributed by atoms with Crippen molar-refractivity contribution in [3.05, 3.63) is 71.8 Å². The van der Waals surface area contributed by atoms with Gasteiger partial charge >= 0.3 is 0 Å². The number of fused-ring (bicyclic) bond motifs is 1. The summed E-state index contributed by atoms with van der Waals surface area (Å²) in [5.41, 5.74) is 1.44. The average Bonchev–Trinajstić information content (AvgIpc) is 2.96. The number of Topliss-reactive ketones (excluding diaryl/α,β-unsaturated/α-hetero) is 1. The lowest BCUT2D eigenvalue weighted by Crippen LogP contribution is -2.64. The summed E-state index contributed by atoms with van der Waals surface area (Å²) in [5.74, 6) is -0.533. The number of carbonyl (C=O) groups is 4. The second-order valence-electron chi connectivity index (χ2n) is 12.3. The quantitative estimate of drug-likeness (QED) is 0.286. The molecule has 2 aromatic rings. The minimum atomic E-state index is -0.452. The lowest BCUT2D eigenvalue weighted by atomic mass is 9.74. The van der Waals surface area contributed by atoms with Crippen molar-refractivity contribution in [2.45, 2.75) is 102 Å². The van der Waals surface area contributed by atoms with Crippen LogP contribution in [0.1, 0.15) is 112 Å². The van der Waals surface area contributed by atoms with E-state index in [1.165, 1.54) is 12.8 Å². The van der Waals surface area contributed by atoms with Gasteiger partial charge in [0.25, 0.3) is 5.91 Å². The Balaban J connectivity index is 1.29. The summed E-state index contributed by atoms with van der Waals surface area (Å²) in [5, 5.41) is 3.08. The van der Waals surface area contributed by atoms with Gasteiger partial charge in [-0.1, -0.05) is 99.9 Å². The van der Waals surface area contributed by atoms with Gasteiger partial charge in [-0.2, -0.15) is 0 Å². The van der Waals surface area contributed by atoms with Gasteiger partial charge in [-0.3, -0.25) is 24.1 Å². The Hall–Kier alpha value is -3.28. The second kappa shape index (κ2) is 14.1. The molecule has 3 fully saturated rings. The molecule has 1 N–H and O–H groups in total. The van der Waals surface area contributed by atoms with Gasteiger partial charge < -0.3 is 5.32 Å². The molecular weight excluding hydrogens is 512 g/mol. The Bertz CT molecular complexity index is 1200. The van der Waals surface area contributed by atoms with Gasteiger partial charge in [0, 0.05) is 24.3 Å². The van der Waals surface area contributed by atoms with Crippen molar-refractivity contribution in [1.29, 1.82) is 0 Å². The monoisotopic (exact) mass is 556 g/mol. The van der Waals surface area contributed by atoms with Crippen molar-refractivity contribution in [3.63, 3.8) is 0 Å². The van der Waals surface area contributed by atoms with Crippen LogP contribution in [0.25, 0.3) is 0 Å². The molecule has 1 aliphatic heterocycles. The number of β-lactam (4-membered cyclic amide) rings is 1. The van der Waals surface area contributed by atoms with Crippen molar-refractivity contribution >= 4 is 23.5 Å². The molecule has 6 heteroatoms. The molecule has 0 radical (unpaired) electrons. The van der Waals surface area contributed by atoms with Crippen LogP contribution in [-0.2, 0) is 14.4 Å². The largest absolute Gasteiger partial charge is 0.345 e. The van der Waals surface area contributed by atoms with Crippen LogP contribution in [0.15, 0.2) is 60.7 Å². The van der Waals surface area contributed by atoms with E-state index in [-0.39, 0.29) is 53.7 Å². The molecule has 2 aliphatic carbocycles. The molecule has 0 bridgehead atoms. The SMILES string of the molecule is O=C(CC(NC(=O)c1ccccc1)c1ccccc1)C[C@@H]1CCCCCCC1C(=O)N1C(=O)C2CCCCCCC21. The van der Waals surface area contributed by atoms with Crippen molar-refractivity contribution in [1.82, 2.24) is 10.2 Å². The van der Waals surface area contributed by atoms with E-state index >= 15 is 0 Å². The Labute approximate surface area is 244 Å². The zero-order valence-electron chi connectivity index (χ0n) is 24.1. The molecule has 1 saturated heterocycles. The van der Waals surface area contributed by atoms with Gasteiger partial charge in [-0.05, 0) is 49.3 Å². The third-order valence-corrected chi connectivity index (χ3v) is 9.54. The third kappa shape index (κ3) is 7.14. The van der Waals surface area contributed by atoms with E-state index in [9.17, 15) is 19.2 Å². The van der Waals surface area contributed by atoms with E-state index in [0.29, 0.717) is 12.0 Å². The van der Waals surface area contributed by atoms with Gasteiger partial charge in [-0.15, -0.1) is 0 Å². The summed E-state index contributed by atoms with van der Waals surface area (Å²) in [6.45, 7) is 0. The fourth-order valence-electron chi connectivity index (χ4n) is 7.28. The molecule has 2 aromatic carbocycles. The van der Waals surface area contributed by atoms with Gasteiger partial charge in [0.1, 0.15) is 5.78 Å². The summed E-state index contributed by atoms with van der Waals surface area (Å²) in [6.07, 6.45) is 12.5. The van der Waals surface area contributed by atoms with Crippen molar-refractivity contribution in [2.75, 3.05) is 0 Å². The average molecular weight is 557 g/mol. The summed E-state index contributed by atoms with van der Waals surface area (Å²) in [7, 11) is 0. The van der Waals surface area contributed by atoms with Crippen LogP contribution in [0.5, 0.6) is 0 Å². The highest BCUT2D eigenvalue weighted by Crippen LogP contribution is 2.41. The predicted molar refractivity (Wildman–Crippen MR) is 159 cm³/mol. The minimum Gasteiger partial charge on any atom is -0.345 e. The maximum Gasteiger partial charge on any atom is 0.251 e. The van der Waals surface area contributed by atoms with Gasteiger partial charge in [0.15, 0.2) is 0 Å². The molecule has 3 amide bonds. The number of nitrogens with zero attached hydrogens (tertiary/aromatic N) is 1. The number of rotatable bonds is 8. The highest BCUT2D eigenvalue weighted by atomic mass is 16.2. The van der Waals surface area contributed by atoms with E-state index in [0.717, 1.165) is 69.8 Å². The number of carbonyl (C=O) groups excluding carboxylic acids is 4. The maximum absolute atomic E-state index is 14.0. The fraction of sp³-hybridized carbons (Fsp3) is 0.543. The van der Waals surface area contributed by atoms with Crippen LogP contribution in [0.2, 0.25) is 0 Å². The molecule has 2 saturated carbocycles. The van der Waals surface area contributed by atoms with Gasteiger partial charge in [0.05, 0.1) is 18.0 Å². The molecule has 5 atom stereocenters. The van der Waals surface area contributed by atoms with E-state index < -0.39 is 6.04 Å². The highest BCUT2D eigenvalue weighted by molar-refractivity contribution is 6.03. The molecule has 6 nitrogen and oxygen atoms in total. The Morgan fingerprint density at radius 1 is 0.756 bits per heavy atom. The van der Waals surface area contributed by atoms with E-state index in [1.807, 2.05) is 48.5 Å². The Morgan fingerprint density at radius 3 is 2.07 bits per heavy atom. The number of amides is 3. The topological polar surface area (TPSA) is 83.6 Å². The summed E-state index contributed by atoms with van der Waals surface area (Å²) >= 11 is 0. The number of nitrogens with one attached hydrogen (secondary N) is 1. The van der Waals surface area contributed by atoms with Crippen molar-refractivity contribution in [2.24, 2.45) is 17.8 Å². The van der Waals surface area contributed by atoms with Crippen LogP contribution in [0.4, 0.5) is 0 Å². The molecular formula is C35H44N2O4. The molecule has 41 heavy (non-hydrogen) atoms. The molecule has 0 spiro atoms. The molecule has 3 aliphatic rings. The first-order valence-corrected chi connectivity index (χ1v) is 15.8. The predicted octanol–water partition coefficient (Wildman–Crippen LogP) is 6.80. The Morgan fingerprint density at radius 2 is 1.37 bits per heavy atom. The van der Waals surface area contributed by atoms with Crippen LogP contribution >= 0.6 is 0 Å². The summed E-state index contributed by atoms with van der Waals surface area (Å²) in [6, 6.07) is 18.3. The number of imide groups is 1. The lowest BCUT2D eigenvalue weighted by Gasteiger charge is -2.49. The standard InChI is InChI=1S/C35H44N2O4/c38-28(24-31(25-15-8-5-9-16-25)36-33(39)26-17-10-6-11-18-26)23-27-19-7-1-2-12-20-29(27)34(40)37-32-22-14-4-3-13-21-30(32)35(37)41/h5-6,8-11,15-18,27,29-32H,1-4,7,12-14,19-24H2,(H,36,39)/t27-,29?,30?,31?,32?/m0/s1. The number of likely N-dealkylation sites (tertiary alicyclic amines) is 1. The lowest BCUT2D eigenvalue weighted by molar-refractivity contribution is -0.171. The van der Waals surface area contributed by atoms with E-state index in [1.54, 1.807) is 17.0 Å². The van der Waals surface area contributed by atoms with E-state index in [4.69, 9.17) is 0 Å². The molecule has 0 aromatic heterocycles. The molecule has 218 valence electrons. The van der Waals surface area contributed by atoms with Gasteiger partial charge in [0.2, 0.25) is 11.8 Å². The third-order valence-electron chi connectivity index (χ3n) is 9.54. The highest BCUT2D eigenvalue weighted by Gasteiger charge is 2.51. The van der Waals surface area contributed by atoms with Crippen molar-refractivity contribution in [3.8, 4) is 0 Å². The number of hydrogen-bond donors (Lipinski definition) is 1. The zero-order chi connectivity index (χ0) is 28.6. The zero-order valence-corrected chi connectivity index (χ0v) is 24.1. The summed E-state index contributed by atoms with van der Waals surface area (Å²) < 4.78 is 0. The smallest absolute Gasteiger partial charge is 0.251 e. The number of benzene rings is 2. The van der Waals surface area contributed by atoms with Gasteiger partial charge in [-0.25, -0.2) is 0 Å². The van der Waals surface area contributed by atoms with Crippen LogP contribution in [0, 0.1) is 17.8 Å². The second-order valence-corrected chi connectivity index (χ2v) is 12.3. The van der Waals surface area contributed by atoms with Crippen molar-refractivity contribution < 1.29 is 19.2 Å². The first-order valence-electron chi connectivity index (χ1n) is 15.8. The first-order chi connectivity index (χ1) is 20.0. The van der Waals surface area contributed by atoms with Crippen LogP contribution < -0.4 is 5.32 Å². The number of ketones is 1. The summed E-state index contributed by atoms with van der Waals surface area (Å²) in [4.78, 5) is 55.4.